The molecule has 1 aliphatic heterocycles. The van der Waals surface area contributed by atoms with E-state index in [4.69, 9.17) is 9.47 Å². The van der Waals surface area contributed by atoms with Crippen molar-refractivity contribution >= 4 is 5.97 Å². The van der Waals surface area contributed by atoms with E-state index in [2.05, 4.69) is 20.8 Å². The van der Waals surface area contributed by atoms with Gasteiger partial charge in [0.25, 0.3) is 0 Å². The van der Waals surface area contributed by atoms with Crippen LogP contribution in [0.3, 0.4) is 0 Å². The zero-order valence-corrected chi connectivity index (χ0v) is 13.1. The molecule has 3 rings (SSSR count). The molecule has 20 heavy (non-hydrogen) atoms. The highest BCUT2D eigenvalue weighted by Gasteiger charge is 2.62. The number of ether oxygens (including phenoxy) is 2. The van der Waals surface area contributed by atoms with Gasteiger partial charge >= 0.3 is 5.97 Å². The van der Waals surface area contributed by atoms with Crippen LogP contribution in [-0.2, 0) is 14.3 Å². The number of epoxide rings is 1. The van der Waals surface area contributed by atoms with Crippen LogP contribution in [0, 0.1) is 17.8 Å². The van der Waals surface area contributed by atoms with Crippen molar-refractivity contribution in [3.05, 3.63) is 0 Å². The van der Waals surface area contributed by atoms with Crippen molar-refractivity contribution in [2.45, 2.75) is 83.5 Å². The molecule has 1 saturated heterocycles. The van der Waals surface area contributed by atoms with Crippen LogP contribution in [0.1, 0.15) is 65.7 Å². The van der Waals surface area contributed by atoms with Crippen molar-refractivity contribution in [3.63, 3.8) is 0 Å². The first-order chi connectivity index (χ1) is 9.52. The Bertz CT molecular complexity index is 370. The maximum atomic E-state index is 12.4. The molecule has 0 amide bonds. The van der Waals surface area contributed by atoms with Crippen LogP contribution in [0.25, 0.3) is 0 Å². The number of carbonyl (C=O) groups excluding carboxylic acids is 1. The van der Waals surface area contributed by atoms with Gasteiger partial charge in [0.1, 0.15) is 11.7 Å². The number of esters is 1. The topological polar surface area (TPSA) is 38.8 Å². The molecule has 2 aliphatic carbocycles. The Morgan fingerprint density at radius 1 is 1.25 bits per heavy atom. The molecule has 1 heterocycles. The second-order valence-electron chi connectivity index (χ2n) is 7.57. The van der Waals surface area contributed by atoms with Gasteiger partial charge in [-0.3, -0.25) is 0 Å². The summed E-state index contributed by atoms with van der Waals surface area (Å²) in [5.74, 6) is 1.69. The van der Waals surface area contributed by atoms with Gasteiger partial charge in [-0.2, -0.15) is 0 Å². The number of hydrogen-bond donors (Lipinski definition) is 0. The zero-order valence-electron chi connectivity index (χ0n) is 13.1. The van der Waals surface area contributed by atoms with Crippen LogP contribution in [0.4, 0.5) is 0 Å². The van der Waals surface area contributed by atoms with Crippen LogP contribution >= 0.6 is 0 Å². The Kier molecular flexibility index (Phi) is 3.83. The third-order valence-electron chi connectivity index (χ3n) is 5.67. The smallest absolute Gasteiger partial charge is 0.338 e. The third kappa shape index (κ3) is 2.61. The third-order valence-corrected chi connectivity index (χ3v) is 5.67. The summed E-state index contributed by atoms with van der Waals surface area (Å²) < 4.78 is 11.6. The van der Waals surface area contributed by atoms with Gasteiger partial charge in [0.05, 0.1) is 0 Å². The first-order valence-electron chi connectivity index (χ1n) is 8.40. The summed E-state index contributed by atoms with van der Waals surface area (Å²) in [7, 11) is 0. The molecule has 3 nitrogen and oxygen atoms in total. The van der Waals surface area contributed by atoms with Crippen LogP contribution in [-0.4, -0.2) is 23.8 Å². The van der Waals surface area contributed by atoms with E-state index in [1.807, 2.05) is 0 Å². The minimum Gasteiger partial charge on any atom is -0.460 e. The van der Waals surface area contributed by atoms with Gasteiger partial charge in [-0.05, 0) is 43.4 Å². The zero-order chi connectivity index (χ0) is 14.3. The second kappa shape index (κ2) is 5.32. The quantitative estimate of drug-likeness (QED) is 0.584. The fourth-order valence-corrected chi connectivity index (χ4v) is 4.28. The number of hydrogen-bond acceptors (Lipinski definition) is 3. The van der Waals surface area contributed by atoms with E-state index in [0.29, 0.717) is 17.8 Å². The molecular formula is C17H28O3. The van der Waals surface area contributed by atoms with Crippen molar-refractivity contribution in [2.24, 2.45) is 17.8 Å². The normalized spacial score (nSPS) is 39.2. The average molecular weight is 280 g/mol. The summed E-state index contributed by atoms with van der Waals surface area (Å²) >= 11 is 0. The Balaban J connectivity index is 1.59. The maximum absolute atomic E-state index is 12.4. The molecule has 0 N–H and O–H groups in total. The molecule has 0 aromatic heterocycles. The van der Waals surface area contributed by atoms with E-state index >= 15 is 0 Å². The fourth-order valence-electron chi connectivity index (χ4n) is 4.28. The molecule has 1 spiro atoms. The summed E-state index contributed by atoms with van der Waals surface area (Å²) in [5.41, 5.74) is -0.120. The minimum atomic E-state index is -0.255. The summed E-state index contributed by atoms with van der Waals surface area (Å²) in [6.45, 7) is 6.75. The van der Waals surface area contributed by atoms with Crippen molar-refractivity contribution in [3.8, 4) is 0 Å². The Labute approximate surface area is 122 Å². The predicted octanol–water partition coefficient (Wildman–Crippen LogP) is 3.70. The molecule has 3 fully saturated rings. The Hall–Kier alpha value is -0.570. The van der Waals surface area contributed by atoms with Crippen molar-refractivity contribution in [1.82, 2.24) is 0 Å². The van der Waals surface area contributed by atoms with Gasteiger partial charge in [0, 0.05) is 0 Å². The molecule has 114 valence electrons. The molecular weight excluding hydrogens is 252 g/mol. The fraction of sp³-hybridized carbons (Fsp3) is 0.941. The SMILES string of the molecule is CC(C)[C@@H]1CC[C@@H](C)C[C@H]1OC(=O)C1OC12CCCC2. The predicted molar refractivity (Wildman–Crippen MR) is 77.3 cm³/mol. The molecule has 0 aromatic rings. The summed E-state index contributed by atoms with van der Waals surface area (Å²) in [6, 6.07) is 0. The number of carbonyl (C=O) groups is 1. The van der Waals surface area contributed by atoms with Crippen LogP contribution in [0.2, 0.25) is 0 Å². The molecule has 0 bridgehead atoms. The van der Waals surface area contributed by atoms with Crippen LogP contribution in [0.15, 0.2) is 0 Å². The van der Waals surface area contributed by atoms with Gasteiger partial charge in [0.2, 0.25) is 0 Å². The first kappa shape index (κ1) is 14.4. The van der Waals surface area contributed by atoms with Gasteiger partial charge in [-0.15, -0.1) is 0 Å². The van der Waals surface area contributed by atoms with Gasteiger partial charge in [-0.1, -0.05) is 40.0 Å². The highest BCUT2D eigenvalue weighted by Crippen LogP contribution is 2.50. The molecule has 3 heteroatoms. The van der Waals surface area contributed by atoms with E-state index in [-0.39, 0.29) is 23.8 Å². The molecule has 4 atom stereocenters. The largest absolute Gasteiger partial charge is 0.460 e. The van der Waals surface area contributed by atoms with Crippen molar-refractivity contribution < 1.29 is 14.3 Å². The lowest BCUT2D eigenvalue weighted by molar-refractivity contribution is -0.157. The standard InChI is InChI=1S/C17H28O3/c1-11(2)13-7-6-12(3)10-14(13)19-16(18)15-17(20-15)8-4-5-9-17/h11-15H,4-10H2,1-3H3/t12-,13+,14-,15?/m1/s1. The lowest BCUT2D eigenvalue weighted by atomic mass is 9.75. The van der Waals surface area contributed by atoms with Gasteiger partial charge < -0.3 is 9.47 Å². The maximum Gasteiger partial charge on any atom is 0.338 e. The van der Waals surface area contributed by atoms with E-state index in [9.17, 15) is 4.79 Å². The average Bonchev–Trinajstić information content (AvgIpc) is 2.87. The summed E-state index contributed by atoms with van der Waals surface area (Å²) in [4.78, 5) is 12.4. The van der Waals surface area contributed by atoms with Gasteiger partial charge in [0.15, 0.2) is 6.10 Å². The van der Waals surface area contributed by atoms with Crippen molar-refractivity contribution in [1.29, 1.82) is 0 Å². The molecule has 1 unspecified atom stereocenters. The van der Waals surface area contributed by atoms with E-state index < -0.39 is 0 Å². The molecule has 0 aromatic carbocycles. The van der Waals surface area contributed by atoms with Crippen LogP contribution < -0.4 is 0 Å². The first-order valence-corrected chi connectivity index (χ1v) is 8.40. The summed E-state index contributed by atoms with van der Waals surface area (Å²) in [5, 5.41) is 0. The van der Waals surface area contributed by atoms with Crippen LogP contribution in [0.5, 0.6) is 0 Å². The molecule has 3 aliphatic rings. The molecule has 2 saturated carbocycles. The highest BCUT2D eigenvalue weighted by molar-refractivity contribution is 5.79. The lowest BCUT2D eigenvalue weighted by Crippen LogP contribution is -2.37. The second-order valence-corrected chi connectivity index (χ2v) is 7.57. The minimum absolute atomic E-state index is 0.0864. The number of rotatable bonds is 3. The lowest BCUT2D eigenvalue weighted by Gasteiger charge is -2.36. The highest BCUT2D eigenvalue weighted by atomic mass is 16.7. The monoisotopic (exact) mass is 280 g/mol. The van der Waals surface area contributed by atoms with Gasteiger partial charge in [-0.25, -0.2) is 4.79 Å². The Morgan fingerprint density at radius 2 is 1.95 bits per heavy atom. The molecule has 0 radical (unpaired) electrons. The Morgan fingerprint density at radius 3 is 2.60 bits per heavy atom. The van der Waals surface area contributed by atoms with E-state index in [1.54, 1.807) is 0 Å². The van der Waals surface area contributed by atoms with E-state index in [0.717, 1.165) is 19.3 Å². The summed E-state index contributed by atoms with van der Waals surface area (Å²) in [6.07, 6.45) is 7.80. The van der Waals surface area contributed by atoms with Crippen molar-refractivity contribution in [2.75, 3.05) is 0 Å². The van der Waals surface area contributed by atoms with E-state index in [1.165, 1.54) is 25.7 Å².